The Morgan fingerprint density at radius 3 is 2.51 bits per heavy atom. The molecule has 2 saturated heterocycles. The largest absolute Gasteiger partial charge is 0.460 e. The molecule has 2 heterocycles. The number of nitrogens with zero attached hydrogens (tertiary/aromatic N) is 2. The smallest absolute Gasteiger partial charge is 0.377 e. The Hall–Kier alpha value is -2.48. The number of unbranched alkanes of at least 4 members (excludes halogenated alkanes) is 1. The summed E-state index contributed by atoms with van der Waals surface area (Å²) >= 11 is 1.21. The molecule has 3 atom stereocenters. The standard InChI is InChI=1S/C30H44N4O7S2/c1-2-3-16-41-30(38)27(36)29(42-17-15-21-9-11-23(31)12-10-21)32-28(37)25-14-13-24-18-33(19-26(35)34(24)25)43(39,40)20-22-7-5-4-6-8-22/h4-8,21,23-25,29H,2-3,9-20,31H2,1H3,(H,32,37)/t21?,23?,24-,25-,29?/m0/s1. The molecule has 2 aliphatic heterocycles. The van der Waals surface area contributed by atoms with E-state index in [0.717, 1.165) is 38.5 Å². The molecule has 11 nitrogen and oxygen atoms in total. The number of carbonyl (C=O) groups is 4. The normalized spacial score (nSPS) is 25.2. The fourth-order valence-electron chi connectivity index (χ4n) is 6.04. The lowest BCUT2D eigenvalue weighted by Crippen LogP contribution is -2.60. The molecule has 0 bridgehead atoms. The number of Topliss-reactive ketones (excluding diaryl/α,β-unsaturated/α-hetero) is 1. The number of benzene rings is 1. The van der Waals surface area contributed by atoms with Gasteiger partial charge in [0.05, 0.1) is 18.9 Å². The molecule has 4 rings (SSSR count). The van der Waals surface area contributed by atoms with Gasteiger partial charge >= 0.3 is 5.97 Å². The van der Waals surface area contributed by atoms with Crippen LogP contribution < -0.4 is 11.1 Å². The zero-order chi connectivity index (χ0) is 31.0. The van der Waals surface area contributed by atoms with Crippen LogP contribution in [0.5, 0.6) is 0 Å². The van der Waals surface area contributed by atoms with E-state index in [9.17, 15) is 27.6 Å². The van der Waals surface area contributed by atoms with Gasteiger partial charge in [-0.2, -0.15) is 4.31 Å². The minimum absolute atomic E-state index is 0.108. The first-order valence-electron chi connectivity index (χ1n) is 15.3. The number of rotatable bonds is 14. The Labute approximate surface area is 258 Å². The number of ether oxygens (including phenoxy) is 1. The summed E-state index contributed by atoms with van der Waals surface area (Å²) in [6.45, 7) is 1.84. The van der Waals surface area contributed by atoms with E-state index >= 15 is 0 Å². The average molecular weight is 637 g/mol. The SMILES string of the molecule is CCCCOC(=O)C(=O)C(NC(=O)[C@@H]1CC[C@H]2CN(S(=O)(=O)Cc3ccccc3)CC(=O)N21)SCCC1CCC(N)CC1. The molecule has 0 radical (unpaired) electrons. The van der Waals surface area contributed by atoms with Crippen molar-refractivity contribution in [1.82, 2.24) is 14.5 Å². The molecular formula is C30H44N4O7S2. The van der Waals surface area contributed by atoms with Crippen LogP contribution in [0.15, 0.2) is 30.3 Å². The van der Waals surface area contributed by atoms with Gasteiger partial charge in [-0.05, 0) is 68.6 Å². The lowest BCUT2D eigenvalue weighted by atomic mass is 9.85. The Bertz CT molecular complexity index is 1240. The number of sulfonamides is 1. The third-order valence-electron chi connectivity index (χ3n) is 8.55. The monoisotopic (exact) mass is 636 g/mol. The number of nitrogens with one attached hydrogen (secondary N) is 1. The number of ketones is 1. The predicted octanol–water partition coefficient (Wildman–Crippen LogP) is 2.19. The molecular weight excluding hydrogens is 592 g/mol. The molecule has 1 aliphatic carbocycles. The average Bonchev–Trinajstić information content (AvgIpc) is 3.43. The van der Waals surface area contributed by atoms with Crippen molar-refractivity contribution in [3.63, 3.8) is 0 Å². The quantitative estimate of drug-likeness (QED) is 0.135. The summed E-state index contributed by atoms with van der Waals surface area (Å²) in [7, 11) is -3.74. The molecule has 238 valence electrons. The molecule has 2 amide bonds. The van der Waals surface area contributed by atoms with Crippen LogP contribution in [0.4, 0.5) is 0 Å². The second-order valence-electron chi connectivity index (χ2n) is 11.8. The first kappa shape index (κ1) is 33.4. The molecule has 0 spiro atoms. The highest BCUT2D eigenvalue weighted by Crippen LogP contribution is 2.31. The molecule has 13 heteroatoms. The van der Waals surface area contributed by atoms with Crippen LogP contribution in [-0.2, 0) is 39.7 Å². The molecule has 1 saturated carbocycles. The first-order valence-corrected chi connectivity index (χ1v) is 18.0. The van der Waals surface area contributed by atoms with Crippen LogP contribution in [0.25, 0.3) is 0 Å². The van der Waals surface area contributed by atoms with Crippen LogP contribution in [0.2, 0.25) is 0 Å². The third-order valence-corrected chi connectivity index (χ3v) is 11.4. The summed E-state index contributed by atoms with van der Waals surface area (Å²) in [4.78, 5) is 53.8. The van der Waals surface area contributed by atoms with Gasteiger partial charge in [0.25, 0.3) is 5.78 Å². The van der Waals surface area contributed by atoms with Gasteiger partial charge in [-0.25, -0.2) is 13.2 Å². The molecule has 43 heavy (non-hydrogen) atoms. The number of thioether (sulfide) groups is 1. The van der Waals surface area contributed by atoms with E-state index in [1.807, 2.05) is 6.92 Å². The van der Waals surface area contributed by atoms with Crippen molar-refractivity contribution < 1.29 is 32.3 Å². The van der Waals surface area contributed by atoms with Crippen molar-refractivity contribution >= 4 is 45.4 Å². The number of amides is 2. The van der Waals surface area contributed by atoms with Crippen LogP contribution in [0.1, 0.15) is 70.3 Å². The second-order valence-corrected chi connectivity index (χ2v) is 14.9. The van der Waals surface area contributed by atoms with Crippen molar-refractivity contribution in [1.29, 1.82) is 0 Å². The predicted molar refractivity (Wildman–Crippen MR) is 164 cm³/mol. The Kier molecular flexibility index (Phi) is 12.0. The number of carbonyl (C=O) groups excluding carboxylic acids is 4. The Balaban J connectivity index is 1.38. The van der Waals surface area contributed by atoms with Crippen LogP contribution >= 0.6 is 11.8 Å². The second kappa shape index (κ2) is 15.5. The Morgan fingerprint density at radius 1 is 1.09 bits per heavy atom. The number of nitrogens with two attached hydrogens (primary N) is 1. The number of fused-ring (bicyclic) bond motifs is 1. The van der Waals surface area contributed by atoms with E-state index in [4.69, 9.17) is 10.5 Å². The topological polar surface area (TPSA) is 156 Å². The zero-order valence-corrected chi connectivity index (χ0v) is 26.5. The van der Waals surface area contributed by atoms with Gasteiger partial charge in [-0.15, -0.1) is 11.8 Å². The molecule has 3 fully saturated rings. The summed E-state index contributed by atoms with van der Waals surface area (Å²) in [5.74, 6) is -1.92. The molecule has 3 N–H and O–H groups in total. The lowest BCUT2D eigenvalue weighted by Gasteiger charge is -2.38. The van der Waals surface area contributed by atoms with E-state index in [1.54, 1.807) is 30.3 Å². The van der Waals surface area contributed by atoms with E-state index in [1.165, 1.54) is 21.0 Å². The molecule has 1 aromatic rings. The Morgan fingerprint density at radius 2 is 1.81 bits per heavy atom. The van der Waals surface area contributed by atoms with E-state index in [2.05, 4.69) is 5.32 Å². The summed E-state index contributed by atoms with van der Waals surface area (Å²) < 4.78 is 32.5. The van der Waals surface area contributed by atoms with E-state index in [-0.39, 0.29) is 31.5 Å². The summed E-state index contributed by atoms with van der Waals surface area (Å²) in [5, 5.41) is 1.60. The number of esters is 1. The minimum Gasteiger partial charge on any atom is -0.460 e. The van der Waals surface area contributed by atoms with Crippen LogP contribution in [0.3, 0.4) is 0 Å². The summed E-state index contributed by atoms with van der Waals surface area (Å²) in [6, 6.07) is 7.74. The lowest BCUT2D eigenvalue weighted by molar-refractivity contribution is -0.154. The number of piperazine rings is 1. The van der Waals surface area contributed by atoms with Crippen molar-refractivity contribution in [3.8, 4) is 0 Å². The van der Waals surface area contributed by atoms with E-state index < -0.39 is 51.0 Å². The maximum Gasteiger partial charge on any atom is 0.377 e. The van der Waals surface area contributed by atoms with Crippen LogP contribution in [0, 0.1) is 5.92 Å². The molecule has 0 aromatic heterocycles. The van der Waals surface area contributed by atoms with Gasteiger partial charge in [0.2, 0.25) is 21.8 Å². The first-order chi connectivity index (χ1) is 20.6. The van der Waals surface area contributed by atoms with Crippen molar-refractivity contribution in [3.05, 3.63) is 35.9 Å². The van der Waals surface area contributed by atoms with Gasteiger partial charge in [-0.1, -0.05) is 43.7 Å². The van der Waals surface area contributed by atoms with Gasteiger partial charge in [0.1, 0.15) is 11.4 Å². The van der Waals surface area contributed by atoms with E-state index in [0.29, 0.717) is 36.5 Å². The third kappa shape index (κ3) is 9.02. The van der Waals surface area contributed by atoms with Crippen molar-refractivity contribution in [2.75, 3.05) is 25.4 Å². The fraction of sp³-hybridized carbons (Fsp3) is 0.667. The molecule has 1 aromatic carbocycles. The summed E-state index contributed by atoms with van der Waals surface area (Å²) in [6.07, 6.45) is 7.04. The highest BCUT2D eigenvalue weighted by molar-refractivity contribution is 8.00. The van der Waals surface area contributed by atoms with Crippen molar-refractivity contribution in [2.45, 2.75) is 94.0 Å². The van der Waals surface area contributed by atoms with Gasteiger partial charge in [0.15, 0.2) is 0 Å². The van der Waals surface area contributed by atoms with Crippen molar-refractivity contribution in [2.24, 2.45) is 11.7 Å². The van der Waals surface area contributed by atoms with Gasteiger partial charge in [-0.3, -0.25) is 14.4 Å². The van der Waals surface area contributed by atoms with Gasteiger partial charge in [0, 0.05) is 18.6 Å². The molecule has 1 unspecified atom stereocenters. The zero-order valence-electron chi connectivity index (χ0n) is 24.8. The minimum atomic E-state index is -3.74. The summed E-state index contributed by atoms with van der Waals surface area (Å²) in [5.41, 5.74) is 6.65. The fourth-order valence-corrected chi connectivity index (χ4v) is 8.70. The highest BCUT2D eigenvalue weighted by Gasteiger charge is 2.47. The number of hydrogen-bond donors (Lipinski definition) is 2. The maximum atomic E-state index is 13.5. The highest BCUT2D eigenvalue weighted by atomic mass is 32.2. The van der Waals surface area contributed by atoms with Crippen LogP contribution in [-0.4, -0.2) is 90.1 Å². The molecule has 3 aliphatic rings. The van der Waals surface area contributed by atoms with Gasteiger partial charge < -0.3 is 20.7 Å². The maximum absolute atomic E-state index is 13.5. The number of hydrogen-bond acceptors (Lipinski definition) is 9.